The number of ether oxygens (including phenoxy) is 3. The molecule has 0 aromatic heterocycles. The maximum Gasteiger partial charge on any atom is 0.272 e. The second kappa shape index (κ2) is 10.6. The van der Waals surface area contributed by atoms with E-state index in [1.165, 1.54) is 21.1 Å². The molecule has 2 rings (SSSR count). The molecule has 2 amide bonds. The van der Waals surface area contributed by atoms with Gasteiger partial charge >= 0.3 is 0 Å². The summed E-state index contributed by atoms with van der Waals surface area (Å²) in [4.78, 5) is 24.3. The van der Waals surface area contributed by atoms with E-state index in [2.05, 4.69) is 17.2 Å². The number of hydrogen-bond donors (Lipinski definition) is 2. The summed E-state index contributed by atoms with van der Waals surface area (Å²) in [5.74, 6) is 0.911. The third kappa shape index (κ3) is 6.42. The molecular weight excluding hydrogens is 372 g/mol. The van der Waals surface area contributed by atoms with Crippen LogP contribution in [0, 0.1) is 0 Å². The van der Waals surface area contributed by atoms with E-state index in [4.69, 9.17) is 14.2 Å². The topological polar surface area (TPSA) is 85.9 Å². The SMILES string of the molecule is C=CCOc1ccc(NC(=O)/C(=C/c2ccc(OC)c(OC)c2)NC(C)=O)cc1. The predicted octanol–water partition coefficient (Wildman–Crippen LogP) is 3.38. The third-order valence-electron chi connectivity index (χ3n) is 3.75. The molecule has 0 bridgehead atoms. The zero-order valence-electron chi connectivity index (χ0n) is 16.7. The Bertz CT molecular complexity index is 904. The maximum atomic E-state index is 12.7. The van der Waals surface area contributed by atoms with Gasteiger partial charge in [-0.05, 0) is 48.0 Å². The number of rotatable bonds is 9. The number of anilines is 1. The number of carbonyl (C=O) groups excluding carboxylic acids is 2. The zero-order valence-corrected chi connectivity index (χ0v) is 16.7. The van der Waals surface area contributed by atoms with Crippen molar-refractivity contribution in [2.45, 2.75) is 6.92 Å². The van der Waals surface area contributed by atoms with Crippen LogP contribution in [0.4, 0.5) is 5.69 Å². The first-order valence-electron chi connectivity index (χ1n) is 8.83. The van der Waals surface area contributed by atoms with Crippen molar-refractivity contribution in [3.05, 3.63) is 66.4 Å². The molecule has 2 N–H and O–H groups in total. The van der Waals surface area contributed by atoms with Gasteiger partial charge in [-0.2, -0.15) is 0 Å². The minimum absolute atomic E-state index is 0.0942. The quantitative estimate of drug-likeness (QED) is 0.501. The highest BCUT2D eigenvalue weighted by molar-refractivity contribution is 6.08. The normalized spacial score (nSPS) is 10.7. The third-order valence-corrected chi connectivity index (χ3v) is 3.75. The zero-order chi connectivity index (χ0) is 21.2. The lowest BCUT2D eigenvalue weighted by Crippen LogP contribution is -2.28. The van der Waals surface area contributed by atoms with Gasteiger partial charge in [-0.25, -0.2) is 0 Å². The summed E-state index contributed by atoms with van der Waals surface area (Å²) in [6, 6.07) is 12.1. The Morgan fingerprint density at radius 1 is 1.03 bits per heavy atom. The minimum atomic E-state index is -0.463. The largest absolute Gasteiger partial charge is 0.493 e. The van der Waals surface area contributed by atoms with Crippen LogP contribution in [-0.2, 0) is 9.59 Å². The molecule has 0 spiro atoms. The van der Waals surface area contributed by atoms with Crippen LogP contribution in [0.1, 0.15) is 12.5 Å². The molecule has 7 nitrogen and oxygen atoms in total. The van der Waals surface area contributed by atoms with E-state index in [9.17, 15) is 9.59 Å². The molecule has 29 heavy (non-hydrogen) atoms. The Kier molecular flexibility index (Phi) is 7.85. The highest BCUT2D eigenvalue weighted by Gasteiger charge is 2.13. The Morgan fingerprint density at radius 2 is 1.72 bits per heavy atom. The van der Waals surface area contributed by atoms with Crippen molar-refractivity contribution < 1.29 is 23.8 Å². The number of hydrogen-bond acceptors (Lipinski definition) is 5. The predicted molar refractivity (Wildman–Crippen MR) is 112 cm³/mol. The minimum Gasteiger partial charge on any atom is -0.493 e. The van der Waals surface area contributed by atoms with E-state index in [-0.39, 0.29) is 11.6 Å². The molecule has 0 saturated carbocycles. The van der Waals surface area contributed by atoms with Crippen LogP contribution in [0.25, 0.3) is 6.08 Å². The molecule has 2 aromatic carbocycles. The smallest absolute Gasteiger partial charge is 0.272 e. The van der Waals surface area contributed by atoms with E-state index < -0.39 is 5.91 Å². The summed E-state index contributed by atoms with van der Waals surface area (Å²) in [5, 5.41) is 5.30. The first-order chi connectivity index (χ1) is 14.0. The molecule has 0 fully saturated rings. The van der Waals surface area contributed by atoms with E-state index >= 15 is 0 Å². The second-order valence-corrected chi connectivity index (χ2v) is 5.93. The van der Waals surface area contributed by atoms with Gasteiger partial charge in [0.05, 0.1) is 14.2 Å². The number of methoxy groups -OCH3 is 2. The first kappa shape index (κ1) is 21.6. The van der Waals surface area contributed by atoms with E-state index in [0.29, 0.717) is 35.1 Å². The van der Waals surface area contributed by atoms with E-state index in [1.54, 1.807) is 54.6 Å². The molecule has 0 aliphatic carbocycles. The molecule has 0 saturated heterocycles. The highest BCUT2D eigenvalue weighted by Crippen LogP contribution is 2.28. The molecule has 0 heterocycles. The van der Waals surface area contributed by atoms with Crippen LogP contribution in [0.15, 0.2) is 60.8 Å². The van der Waals surface area contributed by atoms with Crippen molar-refractivity contribution in [2.75, 3.05) is 26.1 Å². The molecule has 2 aromatic rings. The lowest BCUT2D eigenvalue weighted by atomic mass is 10.1. The van der Waals surface area contributed by atoms with Crippen LogP contribution >= 0.6 is 0 Å². The maximum absolute atomic E-state index is 12.7. The van der Waals surface area contributed by atoms with Gasteiger partial charge in [0.25, 0.3) is 5.91 Å². The monoisotopic (exact) mass is 396 g/mol. The fraction of sp³-hybridized carbons (Fsp3) is 0.182. The van der Waals surface area contributed by atoms with Crippen molar-refractivity contribution >= 4 is 23.6 Å². The Labute approximate surface area is 170 Å². The lowest BCUT2D eigenvalue weighted by Gasteiger charge is -2.12. The van der Waals surface area contributed by atoms with Crippen LogP contribution < -0.4 is 24.8 Å². The number of amides is 2. The molecule has 152 valence electrons. The van der Waals surface area contributed by atoms with Crippen molar-refractivity contribution in [3.63, 3.8) is 0 Å². The van der Waals surface area contributed by atoms with Gasteiger partial charge in [-0.3, -0.25) is 9.59 Å². The molecule has 0 unspecified atom stereocenters. The number of benzene rings is 2. The summed E-state index contributed by atoms with van der Waals surface area (Å²) in [7, 11) is 3.06. The van der Waals surface area contributed by atoms with Crippen molar-refractivity contribution in [2.24, 2.45) is 0 Å². The molecule has 7 heteroatoms. The highest BCUT2D eigenvalue weighted by atomic mass is 16.5. The second-order valence-electron chi connectivity index (χ2n) is 5.93. The van der Waals surface area contributed by atoms with Crippen LogP contribution in [0.3, 0.4) is 0 Å². The van der Waals surface area contributed by atoms with Gasteiger partial charge in [0.15, 0.2) is 11.5 Å². The van der Waals surface area contributed by atoms with Crippen LogP contribution in [0.5, 0.6) is 17.2 Å². The first-order valence-corrected chi connectivity index (χ1v) is 8.83. The van der Waals surface area contributed by atoms with Gasteiger partial charge in [0, 0.05) is 12.6 Å². The fourth-order valence-electron chi connectivity index (χ4n) is 2.45. The van der Waals surface area contributed by atoms with Crippen LogP contribution in [0.2, 0.25) is 0 Å². The molecule has 0 atom stereocenters. The Balaban J connectivity index is 2.22. The van der Waals surface area contributed by atoms with Crippen molar-refractivity contribution in [3.8, 4) is 17.2 Å². The van der Waals surface area contributed by atoms with Gasteiger partial charge in [0.1, 0.15) is 18.1 Å². The fourth-order valence-corrected chi connectivity index (χ4v) is 2.45. The average molecular weight is 396 g/mol. The standard InChI is InChI=1S/C22H24N2O5/c1-5-12-29-18-9-7-17(8-10-18)24-22(26)19(23-15(2)25)13-16-6-11-20(27-3)21(14-16)28-4/h5-11,13-14H,1,12H2,2-4H3,(H,23,25)(H,24,26)/b19-13-. The summed E-state index contributed by atoms with van der Waals surface area (Å²) >= 11 is 0. The summed E-state index contributed by atoms with van der Waals surface area (Å²) in [6.45, 7) is 5.32. The summed E-state index contributed by atoms with van der Waals surface area (Å²) < 4.78 is 15.9. The average Bonchev–Trinajstić information content (AvgIpc) is 2.72. The number of carbonyl (C=O) groups is 2. The van der Waals surface area contributed by atoms with Crippen molar-refractivity contribution in [1.82, 2.24) is 5.32 Å². The summed E-state index contributed by atoms with van der Waals surface area (Å²) in [5.41, 5.74) is 1.32. The molecule has 0 aliphatic rings. The molecular formula is C22H24N2O5. The van der Waals surface area contributed by atoms with E-state index in [1.807, 2.05) is 0 Å². The molecule has 0 radical (unpaired) electrons. The summed E-state index contributed by atoms with van der Waals surface area (Å²) in [6.07, 6.45) is 3.20. The van der Waals surface area contributed by atoms with Crippen molar-refractivity contribution in [1.29, 1.82) is 0 Å². The van der Waals surface area contributed by atoms with Crippen LogP contribution in [-0.4, -0.2) is 32.6 Å². The lowest BCUT2D eigenvalue weighted by molar-refractivity contribution is -0.120. The van der Waals surface area contributed by atoms with Gasteiger partial charge in [-0.15, -0.1) is 0 Å². The Hall–Kier alpha value is -3.74. The Morgan fingerprint density at radius 3 is 2.31 bits per heavy atom. The van der Waals surface area contributed by atoms with Gasteiger partial charge < -0.3 is 24.8 Å². The van der Waals surface area contributed by atoms with E-state index in [0.717, 1.165) is 0 Å². The molecule has 0 aliphatic heterocycles. The van der Waals surface area contributed by atoms with Gasteiger partial charge in [0.2, 0.25) is 5.91 Å². The van der Waals surface area contributed by atoms with Gasteiger partial charge in [-0.1, -0.05) is 18.7 Å². The number of nitrogens with one attached hydrogen (secondary N) is 2.